The van der Waals surface area contributed by atoms with E-state index in [1.807, 2.05) is 43.5 Å². The van der Waals surface area contributed by atoms with Crippen molar-refractivity contribution in [2.45, 2.75) is 13.0 Å². The van der Waals surface area contributed by atoms with Crippen molar-refractivity contribution in [1.29, 1.82) is 0 Å². The van der Waals surface area contributed by atoms with Crippen molar-refractivity contribution in [3.8, 4) is 0 Å². The van der Waals surface area contributed by atoms with Crippen LogP contribution in [0.25, 0.3) is 10.9 Å². The number of hydrogen-bond donors (Lipinski definition) is 3. The molecule has 3 aromatic rings. The number of fused-ring (bicyclic) bond motifs is 1. The minimum absolute atomic E-state index is 0.124. The number of anilines is 2. The Morgan fingerprint density at radius 2 is 2.00 bits per heavy atom. The molecule has 7 nitrogen and oxygen atoms in total. The Labute approximate surface area is 164 Å². The van der Waals surface area contributed by atoms with Crippen LogP contribution in [0.5, 0.6) is 0 Å². The molecule has 2 amide bonds. The molecule has 0 radical (unpaired) electrons. The lowest BCUT2D eigenvalue weighted by atomic mass is 10.1. The number of aromatic nitrogens is 2. The second-order valence-corrected chi connectivity index (χ2v) is 7.30. The predicted molar refractivity (Wildman–Crippen MR) is 113 cm³/mol. The third-order valence-corrected chi connectivity index (χ3v) is 5.26. The number of nitrogens with one attached hydrogen (secondary N) is 3. The maximum Gasteiger partial charge on any atom is 0.319 e. The summed E-state index contributed by atoms with van der Waals surface area (Å²) >= 11 is 0. The molecular formula is C21H26N6O. The van der Waals surface area contributed by atoms with Crippen LogP contribution in [0.1, 0.15) is 18.5 Å². The van der Waals surface area contributed by atoms with Gasteiger partial charge in [-0.3, -0.25) is 0 Å². The molecule has 0 spiro atoms. The highest BCUT2D eigenvalue weighted by molar-refractivity contribution is 5.90. The number of amides is 2. The zero-order valence-corrected chi connectivity index (χ0v) is 16.3. The minimum atomic E-state index is -0.230. The number of nitrogens with zero attached hydrogens (tertiary/aromatic N) is 3. The molecule has 0 saturated carbocycles. The lowest BCUT2D eigenvalue weighted by Crippen LogP contribution is -2.44. The molecule has 1 saturated heterocycles. The van der Waals surface area contributed by atoms with Crippen molar-refractivity contribution in [2.75, 3.05) is 43.4 Å². The van der Waals surface area contributed by atoms with Crippen LogP contribution in [0, 0.1) is 0 Å². The van der Waals surface area contributed by atoms with Gasteiger partial charge in [-0.1, -0.05) is 18.2 Å². The molecule has 1 unspecified atom stereocenters. The first kappa shape index (κ1) is 18.3. The van der Waals surface area contributed by atoms with E-state index in [0.717, 1.165) is 54.2 Å². The summed E-state index contributed by atoms with van der Waals surface area (Å²) in [5.41, 5.74) is 2.86. The van der Waals surface area contributed by atoms with E-state index in [0.29, 0.717) is 0 Å². The fourth-order valence-corrected chi connectivity index (χ4v) is 3.62. The molecule has 1 aliphatic heterocycles. The zero-order chi connectivity index (χ0) is 19.5. The Hall–Kier alpha value is -3.06. The van der Waals surface area contributed by atoms with Gasteiger partial charge in [0, 0.05) is 50.3 Å². The summed E-state index contributed by atoms with van der Waals surface area (Å²) in [6, 6.07) is 11.5. The van der Waals surface area contributed by atoms with Crippen LogP contribution >= 0.6 is 0 Å². The maximum absolute atomic E-state index is 12.5. The van der Waals surface area contributed by atoms with Gasteiger partial charge in [-0.05, 0) is 37.1 Å². The van der Waals surface area contributed by atoms with Crippen molar-refractivity contribution < 1.29 is 4.79 Å². The van der Waals surface area contributed by atoms with E-state index in [-0.39, 0.29) is 12.1 Å². The van der Waals surface area contributed by atoms with Gasteiger partial charge < -0.3 is 25.4 Å². The van der Waals surface area contributed by atoms with Crippen LogP contribution in [0.15, 0.2) is 48.8 Å². The normalized spacial score (nSPS) is 16.1. The monoisotopic (exact) mass is 378 g/mol. The van der Waals surface area contributed by atoms with Gasteiger partial charge >= 0.3 is 6.03 Å². The summed E-state index contributed by atoms with van der Waals surface area (Å²) in [5, 5.41) is 7.09. The van der Waals surface area contributed by atoms with Gasteiger partial charge in [0.05, 0.1) is 11.6 Å². The summed E-state index contributed by atoms with van der Waals surface area (Å²) in [5.74, 6) is 0.898. The Morgan fingerprint density at radius 3 is 2.82 bits per heavy atom. The van der Waals surface area contributed by atoms with E-state index in [1.54, 1.807) is 6.20 Å². The van der Waals surface area contributed by atoms with Crippen LogP contribution in [-0.2, 0) is 0 Å². The van der Waals surface area contributed by atoms with E-state index in [4.69, 9.17) is 0 Å². The molecule has 1 aliphatic rings. The number of aromatic amines is 1. The van der Waals surface area contributed by atoms with Crippen molar-refractivity contribution in [3.63, 3.8) is 0 Å². The summed E-state index contributed by atoms with van der Waals surface area (Å²) in [6.45, 7) is 5.90. The number of carbonyl (C=O) groups excluding carboxylic acids is 1. The Balaban J connectivity index is 1.41. The van der Waals surface area contributed by atoms with Crippen molar-refractivity contribution in [2.24, 2.45) is 0 Å². The van der Waals surface area contributed by atoms with Gasteiger partial charge in [0.15, 0.2) is 0 Å². The number of benzene rings is 1. The minimum Gasteiger partial charge on any atom is -0.361 e. The standard InChI is InChI=1S/C21H26N6O/c1-15(18-5-3-4-16-6-8-23-20(16)18)24-21(28)25-17-7-9-22-19(14-17)27-12-10-26(2)11-13-27/h3-9,14-15,23H,10-13H2,1-2H3,(H2,22,24,25,28). The largest absolute Gasteiger partial charge is 0.361 e. The highest BCUT2D eigenvalue weighted by atomic mass is 16.2. The molecule has 2 aromatic heterocycles. The van der Waals surface area contributed by atoms with Gasteiger partial charge in [-0.25, -0.2) is 9.78 Å². The van der Waals surface area contributed by atoms with Gasteiger partial charge in [0.1, 0.15) is 5.82 Å². The Kier molecular flexibility index (Phi) is 5.16. The van der Waals surface area contributed by atoms with Crippen molar-refractivity contribution in [3.05, 3.63) is 54.4 Å². The second kappa shape index (κ2) is 7.90. The van der Waals surface area contributed by atoms with E-state index < -0.39 is 0 Å². The number of hydrogen-bond acceptors (Lipinski definition) is 4. The molecule has 146 valence electrons. The van der Waals surface area contributed by atoms with Crippen LogP contribution in [0.3, 0.4) is 0 Å². The van der Waals surface area contributed by atoms with Gasteiger partial charge in [-0.15, -0.1) is 0 Å². The molecule has 1 fully saturated rings. The maximum atomic E-state index is 12.5. The van der Waals surface area contributed by atoms with Crippen LogP contribution in [-0.4, -0.2) is 54.1 Å². The number of piperazine rings is 1. The number of urea groups is 1. The third kappa shape index (κ3) is 3.94. The van der Waals surface area contributed by atoms with E-state index >= 15 is 0 Å². The summed E-state index contributed by atoms with van der Waals surface area (Å²) in [7, 11) is 2.13. The average Bonchev–Trinajstić information content (AvgIpc) is 3.17. The molecule has 1 aromatic carbocycles. The smallest absolute Gasteiger partial charge is 0.319 e. The average molecular weight is 378 g/mol. The first-order valence-corrected chi connectivity index (χ1v) is 9.63. The fourth-order valence-electron chi connectivity index (χ4n) is 3.62. The Morgan fingerprint density at radius 1 is 1.18 bits per heavy atom. The summed E-state index contributed by atoms with van der Waals surface area (Å²) in [6.07, 6.45) is 3.66. The lowest BCUT2D eigenvalue weighted by molar-refractivity contribution is 0.249. The molecule has 28 heavy (non-hydrogen) atoms. The predicted octanol–water partition coefficient (Wildman–Crippen LogP) is 3.20. The molecule has 4 rings (SSSR count). The summed E-state index contributed by atoms with van der Waals surface area (Å²) in [4.78, 5) is 24.8. The number of H-pyrrole nitrogens is 1. The molecule has 0 aliphatic carbocycles. The van der Waals surface area contributed by atoms with Gasteiger partial charge in [-0.2, -0.15) is 0 Å². The number of pyridine rings is 1. The number of para-hydroxylation sites is 1. The lowest BCUT2D eigenvalue weighted by Gasteiger charge is -2.33. The van der Waals surface area contributed by atoms with E-state index in [2.05, 4.69) is 43.5 Å². The molecule has 1 atom stereocenters. The number of likely N-dealkylation sites (N-methyl/N-ethyl adjacent to an activating group) is 1. The molecular weight excluding hydrogens is 352 g/mol. The zero-order valence-electron chi connectivity index (χ0n) is 16.3. The van der Waals surface area contributed by atoms with Gasteiger partial charge in [0.2, 0.25) is 0 Å². The molecule has 3 heterocycles. The van der Waals surface area contributed by atoms with Crippen LogP contribution < -0.4 is 15.5 Å². The quantitative estimate of drug-likeness (QED) is 0.652. The summed E-state index contributed by atoms with van der Waals surface area (Å²) < 4.78 is 0. The highest BCUT2D eigenvalue weighted by Crippen LogP contribution is 2.23. The first-order valence-electron chi connectivity index (χ1n) is 9.63. The second-order valence-electron chi connectivity index (χ2n) is 7.30. The number of carbonyl (C=O) groups is 1. The van der Waals surface area contributed by atoms with Crippen LogP contribution in [0.4, 0.5) is 16.3 Å². The fraction of sp³-hybridized carbons (Fsp3) is 0.333. The molecule has 0 bridgehead atoms. The molecule has 3 N–H and O–H groups in total. The van der Waals surface area contributed by atoms with Crippen molar-refractivity contribution in [1.82, 2.24) is 20.2 Å². The van der Waals surface area contributed by atoms with Crippen LogP contribution in [0.2, 0.25) is 0 Å². The topological polar surface area (TPSA) is 76.3 Å². The Bertz CT molecular complexity index is 960. The highest BCUT2D eigenvalue weighted by Gasteiger charge is 2.17. The SMILES string of the molecule is CC(NC(=O)Nc1ccnc(N2CCN(C)CC2)c1)c1cccc2cc[nH]c12. The van der Waals surface area contributed by atoms with Gasteiger partial charge in [0.25, 0.3) is 0 Å². The molecule has 7 heteroatoms. The van der Waals surface area contributed by atoms with E-state index in [1.165, 1.54) is 0 Å². The number of rotatable bonds is 4. The van der Waals surface area contributed by atoms with E-state index in [9.17, 15) is 4.79 Å². The first-order chi connectivity index (χ1) is 13.6. The van der Waals surface area contributed by atoms with Crippen molar-refractivity contribution >= 4 is 28.4 Å². The third-order valence-electron chi connectivity index (χ3n) is 5.26.